The summed E-state index contributed by atoms with van der Waals surface area (Å²) >= 11 is 0. The second kappa shape index (κ2) is 9.59. The van der Waals surface area contributed by atoms with Gasteiger partial charge in [-0.25, -0.2) is 14.4 Å². The van der Waals surface area contributed by atoms with Crippen LogP contribution >= 0.6 is 0 Å². The lowest BCUT2D eigenvalue weighted by Crippen LogP contribution is -2.19. The Kier molecular flexibility index (Phi) is 6.60. The van der Waals surface area contributed by atoms with Crippen molar-refractivity contribution in [3.63, 3.8) is 0 Å². The van der Waals surface area contributed by atoms with E-state index in [4.69, 9.17) is 9.47 Å². The predicted octanol–water partition coefficient (Wildman–Crippen LogP) is 6.47. The predicted molar refractivity (Wildman–Crippen MR) is 129 cm³/mol. The van der Waals surface area contributed by atoms with E-state index in [9.17, 15) is 22.7 Å². The monoisotopic (exact) mass is 516 g/mol. The molecule has 2 aliphatic carbocycles. The lowest BCUT2D eigenvalue weighted by Gasteiger charge is -2.17. The highest BCUT2D eigenvalue weighted by molar-refractivity contribution is 5.68. The molecule has 1 fully saturated rings. The summed E-state index contributed by atoms with van der Waals surface area (Å²) < 4.78 is 67.4. The van der Waals surface area contributed by atoms with Crippen LogP contribution < -0.4 is 9.47 Å². The van der Waals surface area contributed by atoms with Crippen LogP contribution in [0.1, 0.15) is 61.3 Å². The Bertz CT molecular complexity index is 1300. The third-order valence-electron chi connectivity index (χ3n) is 6.90. The van der Waals surface area contributed by atoms with Gasteiger partial charge in [-0.1, -0.05) is 6.07 Å². The molecule has 3 aromatic rings. The smallest absolute Gasteiger partial charge is 0.417 e. The molecule has 1 N–H and O–H groups in total. The number of nitrogens with zero attached hydrogens (tertiary/aromatic N) is 2. The number of aliphatic hydroxyl groups is 1. The zero-order valence-corrected chi connectivity index (χ0v) is 20.6. The summed E-state index contributed by atoms with van der Waals surface area (Å²) in [6.45, 7) is 3.24. The summed E-state index contributed by atoms with van der Waals surface area (Å²) in [7, 11) is 0. The fraction of sp³-hybridized carbons (Fsp3) is 0.429. The van der Waals surface area contributed by atoms with Gasteiger partial charge in [0.1, 0.15) is 12.4 Å². The van der Waals surface area contributed by atoms with Gasteiger partial charge in [-0.05, 0) is 80.2 Å². The molecular formula is C28H28F4N2O3. The van der Waals surface area contributed by atoms with Crippen molar-refractivity contribution < 1.29 is 32.1 Å². The van der Waals surface area contributed by atoms with E-state index in [2.05, 4.69) is 9.97 Å². The first-order valence-electron chi connectivity index (χ1n) is 12.3. The molecule has 9 heteroatoms. The van der Waals surface area contributed by atoms with Crippen molar-refractivity contribution in [2.45, 2.75) is 63.8 Å². The summed E-state index contributed by atoms with van der Waals surface area (Å²) in [5.74, 6) is 0.916. The average molecular weight is 517 g/mol. The largest absolute Gasteiger partial charge is 0.478 e. The molecule has 2 heterocycles. The highest BCUT2D eigenvalue weighted by atomic mass is 19.4. The lowest BCUT2D eigenvalue weighted by molar-refractivity contribution is -0.137. The number of halogens is 4. The van der Waals surface area contributed by atoms with Gasteiger partial charge in [-0.2, -0.15) is 13.2 Å². The Balaban J connectivity index is 1.32. The fourth-order valence-electron chi connectivity index (χ4n) is 4.88. The van der Waals surface area contributed by atoms with Crippen LogP contribution in [-0.2, 0) is 19.2 Å². The van der Waals surface area contributed by atoms with E-state index in [1.807, 2.05) is 12.3 Å². The van der Waals surface area contributed by atoms with Crippen LogP contribution in [0.4, 0.5) is 17.6 Å². The van der Waals surface area contributed by atoms with Gasteiger partial charge in [-0.15, -0.1) is 0 Å². The first-order valence-corrected chi connectivity index (χ1v) is 12.3. The molecule has 0 radical (unpaired) electrons. The average Bonchev–Trinajstić information content (AvgIpc) is 3.50. The summed E-state index contributed by atoms with van der Waals surface area (Å²) in [6.07, 6.45) is 1.30. The molecule has 0 aliphatic heterocycles. The van der Waals surface area contributed by atoms with E-state index < -0.39 is 23.2 Å². The molecule has 5 rings (SSSR count). The van der Waals surface area contributed by atoms with Crippen molar-refractivity contribution in [1.82, 2.24) is 9.97 Å². The fourth-order valence-corrected chi connectivity index (χ4v) is 4.88. The first kappa shape index (κ1) is 25.4. The summed E-state index contributed by atoms with van der Waals surface area (Å²) in [5.41, 5.74) is 0.715. The van der Waals surface area contributed by atoms with Crippen molar-refractivity contribution in [3.8, 4) is 22.9 Å². The van der Waals surface area contributed by atoms with Crippen LogP contribution in [-0.4, -0.2) is 27.3 Å². The molecule has 2 unspecified atom stereocenters. The Morgan fingerprint density at radius 2 is 1.78 bits per heavy atom. The Morgan fingerprint density at radius 1 is 1.03 bits per heavy atom. The SMILES string of the molecule is CC(C)(O)CCCOc1cc(C(F)(F)F)c(-c2ccc(F)c(COc3cc4c(cn3)C3CC3C4)c2)cn1. The van der Waals surface area contributed by atoms with Gasteiger partial charge >= 0.3 is 6.18 Å². The minimum absolute atomic E-state index is 0.114. The Labute approximate surface area is 212 Å². The van der Waals surface area contributed by atoms with Gasteiger partial charge in [0.15, 0.2) is 0 Å². The molecule has 1 saturated carbocycles. The van der Waals surface area contributed by atoms with Crippen molar-refractivity contribution in [1.29, 1.82) is 0 Å². The van der Waals surface area contributed by atoms with Crippen molar-refractivity contribution >= 4 is 0 Å². The minimum Gasteiger partial charge on any atom is -0.478 e. The third kappa shape index (κ3) is 5.87. The van der Waals surface area contributed by atoms with Gasteiger partial charge in [-0.3, -0.25) is 0 Å². The van der Waals surface area contributed by atoms with Gasteiger partial charge in [0.25, 0.3) is 0 Å². The summed E-state index contributed by atoms with van der Waals surface area (Å²) in [6, 6.07) is 6.47. The van der Waals surface area contributed by atoms with Gasteiger partial charge in [0.2, 0.25) is 11.8 Å². The van der Waals surface area contributed by atoms with Gasteiger partial charge < -0.3 is 14.6 Å². The molecule has 2 atom stereocenters. The quantitative estimate of drug-likeness (QED) is 0.261. The highest BCUT2D eigenvalue weighted by Crippen LogP contribution is 2.56. The van der Waals surface area contributed by atoms with E-state index in [0.717, 1.165) is 24.8 Å². The maximum Gasteiger partial charge on any atom is 0.417 e. The number of aromatic nitrogens is 2. The van der Waals surface area contributed by atoms with Gasteiger partial charge in [0, 0.05) is 35.7 Å². The van der Waals surface area contributed by atoms with E-state index in [0.29, 0.717) is 30.6 Å². The highest BCUT2D eigenvalue weighted by Gasteiger charge is 2.45. The molecule has 1 aromatic carbocycles. The number of fused-ring (bicyclic) bond motifs is 3. The Hall–Kier alpha value is -3.20. The van der Waals surface area contributed by atoms with E-state index in [1.54, 1.807) is 13.8 Å². The van der Waals surface area contributed by atoms with E-state index in [1.165, 1.54) is 29.7 Å². The first-order chi connectivity index (χ1) is 17.5. The van der Waals surface area contributed by atoms with E-state index >= 15 is 0 Å². The summed E-state index contributed by atoms with van der Waals surface area (Å²) in [4.78, 5) is 8.35. The maximum absolute atomic E-state index is 14.5. The molecule has 2 aliphatic rings. The molecular weight excluding hydrogens is 488 g/mol. The zero-order valence-electron chi connectivity index (χ0n) is 20.6. The standard InChI is InChI=1S/C28H28F4N2O3/c1-27(2,35)6-3-7-36-26-12-23(28(30,31)32)22(14-34-26)16-4-5-24(29)19(8-16)15-37-25-11-18-9-17-10-20(17)21(18)13-33-25/h4-5,8,11-14,17,20,35H,3,6-7,9-10,15H2,1-2H3. The molecule has 196 valence electrons. The lowest BCUT2D eigenvalue weighted by atomic mass is 9.99. The molecule has 5 nitrogen and oxygen atoms in total. The molecule has 0 saturated heterocycles. The van der Waals surface area contributed by atoms with Crippen LogP contribution in [0.5, 0.6) is 11.8 Å². The molecule has 2 aromatic heterocycles. The van der Waals surface area contributed by atoms with Gasteiger partial charge in [0.05, 0.1) is 17.8 Å². The second-order valence-electron chi connectivity index (χ2n) is 10.5. The molecule has 37 heavy (non-hydrogen) atoms. The van der Waals surface area contributed by atoms with E-state index in [-0.39, 0.29) is 35.8 Å². The minimum atomic E-state index is -4.68. The number of rotatable bonds is 9. The maximum atomic E-state index is 14.5. The number of hydrogen-bond donors (Lipinski definition) is 1. The van der Waals surface area contributed by atoms with Crippen molar-refractivity contribution in [3.05, 3.63) is 70.8 Å². The van der Waals surface area contributed by atoms with Crippen molar-refractivity contribution in [2.75, 3.05) is 6.61 Å². The zero-order chi connectivity index (χ0) is 26.4. The van der Waals surface area contributed by atoms with Crippen LogP contribution in [0.2, 0.25) is 0 Å². The number of pyridine rings is 2. The number of ether oxygens (including phenoxy) is 2. The van der Waals surface area contributed by atoms with Crippen LogP contribution in [0.15, 0.2) is 42.7 Å². The second-order valence-corrected chi connectivity index (χ2v) is 10.5. The number of benzene rings is 1. The number of alkyl halides is 3. The van der Waals surface area contributed by atoms with Crippen LogP contribution in [0.3, 0.4) is 0 Å². The Morgan fingerprint density at radius 3 is 2.54 bits per heavy atom. The molecule has 0 bridgehead atoms. The number of hydrogen-bond acceptors (Lipinski definition) is 5. The van der Waals surface area contributed by atoms with Crippen molar-refractivity contribution in [2.24, 2.45) is 5.92 Å². The molecule has 0 amide bonds. The topological polar surface area (TPSA) is 64.5 Å². The molecule has 0 spiro atoms. The summed E-state index contributed by atoms with van der Waals surface area (Å²) in [5, 5.41) is 9.76. The van der Waals surface area contributed by atoms with Crippen LogP contribution in [0.25, 0.3) is 11.1 Å². The third-order valence-corrected chi connectivity index (χ3v) is 6.90. The van der Waals surface area contributed by atoms with Crippen LogP contribution in [0, 0.1) is 11.7 Å². The normalized spacial score (nSPS) is 18.4.